The molecule has 1 saturated carbocycles. The van der Waals surface area contributed by atoms with Crippen LogP contribution in [0.1, 0.15) is 23.3 Å². The Bertz CT molecular complexity index is 1030. The minimum Gasteiger partial charge on any atom is -0.489 e. The molecule has 1 amide bonds. The van der Waals surface area contributed by atoms with Gasteiger partial charge in [-0.05, 0) is 30.9 Å². The number of rotatable bonds is 2. The van der Waals surface area contributed by atoms with Gasteiger partial charge in [0.1, 0.15) is 4.90 Å². The van der Waals surface area contributed by atoms with E-state index in [-0.39, 0.29) is 34.0 Å². The summed E-state index contributed by atoms with van der Waals surface area (Å²) in [6, 6.07) is 2.82. The smallest absolute Gasteiger partial charge is 0.276 e. The molecule has 2 aliphatic heterocycles. The van der Waals surface area contributed by atoms with Crippen LogP contribution >= 0.6 is 0 Å². The summed E-state index contributed by atoms with van der Waals surface area (Å²) in [7, 11) is -2.33. The van der Waals surface area contributed by atoms with Crippen molar-refractivity contribution in [3.63, 3.8) is 0 Å². The molecule has 3 aliphatic rings. The molecule has 2 bridgehead atoms. The average molecular weight is 397 g/mol. The Labute approximate surface area is 154 Å². The monoisotopic (exact) mass is 397 g/mol. The fourth-order valence-corrected chi connectivity index (χ4v) is 4.84. The third-order valence-corrected chi connectivity index (χ3v) is 6.32. The Kier molecular flexibility index (Phi) is 4.19. The van der Waals surface area contributed by atoms with Gasteiger partial charge in [0, 0.05) is 31.0 Å². The summed E-state index contributed by atoms with van der Waals surface area (Å²) in [6.07, 6.45) is 2.68. The lowest BCUT2D eigenvalue weighted by Crippen LogP contribution is -2.44. The third kappa shape index (κ3) is 3.19. The standard InChI is InChI=1S/C17H17F2N3O4S/c1-22-7-14-16(26-8-9-4-11(5-9)21-27(14,24)25)15(22)17(23)20-10-2-3-12(18)13(19)6-10/h2-3,6-7,9,11,21H,4-5,8H2,1H3,(H,20,23). The SMILES string of the molecule is Cn1cc2c(c1C(=O)Nc1ccc(F)c(F)c1)OCC1CC(C1)NS2(=O)=O. The van der Waals surface area contributed by atoms with Crippen molar-refractivity contribution >= 4 is 21.6 Å². The number of hydrogen-bond acceptors (Lipinski definition) is 4. The van der Waals surface area contributed by atoms with Crippen LogP contribution in [0.15, 0.2) is 29.3 Å². The van der Waals surface area contributed by atoms with E-state index in [4.69, 9.17) is 4.74 Å². The number of nitrogens with zero attached hydrogens (tertiary/aromatic N) is 1. The maximum atomic E-state index is 13.4. The van der Waals surface area contributed by atoms with Crippen LogP contribution in [-0.4, -0.2) is 31.5 Å². The van der Waals surface area contributed by atoms with E-state index in [1.54, 1.807) is 0 Å². The summed E-state index contributed by atoms with van der Waals surface area (Å²) in [5, 5.41) is 2.44. The van der Waals surface area contributed by atoms with Gasteiger partial charge in [-0.25, -0.2) is 21.9 Å². The first-order chi connectivity index (χ1) is 12.7. The molecule has 0 radical (unpaired) electrons. The minimum absolute atomic E-state index is 0.0146. The van der Waals surface area contributed by atoms with Crippen LogP contribution in [0.2, 0.25) is 0 Å². The Hall–Kier alpha value is -2.46. The average Bonchev–Trinajstić information content (AvgIpc) is 2.92. The number of nitrogens with one attached hydrogen (secondary N) is 2. The molecule has 10 heteroatoms. The third-order valence-electron chi connectivity index (χ3n) is 4.81. The number of carbonyl (C=O) groups is 1. The van der Waals surface area contributed by atoms with E-state index in [9.17, 15) is 22.0 Å². The first kappa shape index (κ1) is 17.9. The van der Waals surface area contributed by atoms with Gasteiger partial charge < -0.3 is 14.6 Å². The Morgan fingerprint density at radius 1 is 1.30 bits per heavy atom. The fourth-order valence-electron chi connectivity index (χ4n) is 3.39. The second kappa shape index (κ2) is 6.31. The summed E-state index contributed by atoms with van der Waals surface area (Å²) in [5.74, 6) is -2.66. The zero-order valence-electron chi connectivity index (χ0n) is 14.3. The van der Waals surface area contributed by atoms with Crippen molar-refractivity contribution in [2.75, 3.05) is 11.9 Å². The number of aromatic nitrogens is 1. The van der Waals surface area contributed by atoms with Crippen molar-refractivity contribution < 1.29 is 26.7 Å². The van der Waals surface area contributed by atoms with Crippen LogP contribution in [0.25, 0.3) is 0 Å². The number of benzene rings is 1. The number of hydrogen-bond donors (Lipinski definition) is 2. The maximum absolute atomic E-state index is 13.4. The number of fused-ring (bicyclic) bond motifs is 2. The van der Waals surface area contributed by atoms with Crippen LogP contribution in [0.5, 0.6) is 5.75 Å². The number of sulfonamides is 1. The van der Waals surface area contributed by atoms with Gasteiger partial charge in [0.15, 0.2) is 23.1 Å². The van der Waals surface area contributed by atoms with E-state index >= 15 is 0 Å². The number of amides is 1. The Morgan fingerprint density at radius 2 is 2.04 bits per heavy atom. The van der Waals surface area contributed by atoms with Crippen molar-refractivity contribution in [1.29, 1.82) is 0 Å². The quantitative estimate of drug-likeness (QED) is 0.811. The molecule has 5 rings (SSSR count). The molecule has 1 fully saturated rings. The van der Waals surface area contributed by atoms with E-state index in [1.807, 2.05) is 0 Å². The molecule has 3 heterocycles. The zero-order chi connectivity index (χ0) is 19.3. The van der Waals surface area contributed by atoms with Gasteiger partial charge in [0.2, 0.25) is 10.0 Å². The summed E-state index contributed by atoms with van der Waals surface area (Å²) in [5.41, 5.74) is 0.0272. The molecular weight excluding hydrogens is 380 g/mol. The molecule has 0 saturated heterocycles. The highest BCUT2D eigenvalue weighted by Gasteiger charge is 2.39. The van der Waals surface area contributed by atoms with E-state index in [1.165, 1.54) is 23.9 Å². The lowest BCUT2D eigenvalue weighted by atomic mass is 9.81. The van der Waals surface area contributed by atoms with E-state index in [2.05, 4.69) is 10.0 Å². The highest BCUT2D eigenvalue weighted by Crippen LogP contribution is 2.37. The van der Waals surface area contributed by atoms with Crippen LogP contribution in [0.4, 0.5) is 14.5 Å². The van der Waals surface area contributed by atoms with Crippen molar-refractivity contribution in [2.24, 2.45) is 13.0 Å². The van der Waals surface area contributed by atoms with Crippen LogP contribution in [0.3, 0.4) is 0 Å². The van der Waals surface area contributed by atoms with Crippen LogP contribution in [-0.2, 0) is 17.1 Å². The molecule has 1 aromatic heterocycles. The molecule has 1 aromatic carbocycles. The molecule has 0 spiro atoms. The van der Waals surface area contributed by atoms with Gasteiger partial charge in [-0.3, -0.25) is 4.79 Å². The van der Waals surface area contributed by atoms with Crippen LogP contribution in [0, 0.1) is 17.6 Å². The van der Waals surface area contributed by atoms with Crippen LogP contribution < -0.4 is 14.8 Å². The van der Waals surface area contributed by atoms with E-state index in [0.717, 1.165) is 12.1 Å². The second-order valence-electron chi connectivity index (χ2n) is 6.83. The number of anilines is 1. The number of carbonyl (C=O) groups excluding carboxylic acids is 1. The highest BCUT2D eigenvalue weighted by atomic mass is 32.2. The van der Waals surface area contributed by atoms with Gasteiger partial charge in [0.05, 0.1) is 6.61 Å². The first-order valence-electron chi connectivity index (χ1n) is 8.35. The maximum Gasteiger partial charge on any atom is 0.276 e. The zero-order valence-corrected chi connectivity index (χ0v) is 15.1. The minimum atomic E-state index is -3.84. The summed E-state index contributed by atoms with van der Waals surface area (Å²) in [4.78, 5) is 12.6. The van der Waals surface area contributed by atoms with Gasteiger partial charge in [-0.15, -0.1) is 0 Å². The van der Waals surface area contributed by atoms with E-state index in [0.29, 0.717) is 19.4 Å². The van der Waals surface area contributed by atoms with Crippen molar-refractivity contribution in [3.05, 3.63) is 41.7 Å². The first-order valence-corrected chi connectivity index (χ1v) is 9.84. The normalized spacial score (nSPS) is 23.1. The largest absolute Gasteiger partial charge is 0.489 e. The van der Waals surface area contributed by atoms with Gasteiger partial charge in [0.25, 0.3) is 5.91 Å². The van der Waals surface area contributed by atoms with Crippen molar-refractivity contribution in [1.82, 2.24) is 9.29 Å². The predicted octanol–water partition coefficient (Wildman–Crippen LogP) is 2.00. The lowest BCUT2D eigenvalue weighted by Gasteiger charge is -2.33. The second-order valence-corrected chi connectivity index (χ2v) is 8.51. The summed E-state index contributed by atoms with van der Waals surface area (Å²) >= 11 is 0. The summed E-state index contributed by atoms with van der Waals surface area (Å²) in [6.45, 7) is 0.302. The molecule has 2 aromatic rings. The van der Waals surface area contributed by atoms with Crippen molar-refractivity contribution in [3.8, 4) is 5.75 Å². The van der Waals surface area contributed by atoms with E-state index < -0.39 is 27.6 Å². The topological polar surface area (TPSA) is 89.4 Å². The molecule has 0 unspecified atom stereocenters. The number of aryl methyl sites for hydroxylation is 1. The molecule has 1 aliphatic carbocycles. The molecule has 7 nitrogen and oxygen atoms in total. The Balaban J connectivity index is 1.71. The number of ether oxygens (including phenoxy) is 1. The molecule has 0 atom stereocenters. The molecule has 27 heavy (non-hydrogen) atoms. The number of halogens is 2. The van der Waals surface area contributed by atoms with Gasteiger partial charge >= 0.3 is 0 Å². The predicted molar refractivity (Wildman–Crippen MR) is 92.1 cm³/mol. The summed E-state index contributed by atoms with van der Waals surface area (Å²) < 4.78 is 61.4. The fraction of sp³-hybridized carbons (Fsp3) is 0.353. The molecule has 144 valence electrons. The molecular formula is C17H17F2N3O4S. The van der Waals surface area contributed by atoms with Gasteiger partial charge in [-0.1, -0.05) is 0 Å². The van der Waals surface area contributed by atoms with Crippen molar-refractivity contribution in [2.45, 2.75) is 23.8 Å². The lowest BCUT2D eigenvalue weighted by molar-refractivity contribution is 0.100. The highest BCUT2D eigenvalue weighted by molar-refractivity contribution is 7.89. The molecule has 2 N–H and O–H groups in total. The Morgan fingerprint density at radius 3 is 2.74 bits per heavy atom. The van der Waals surface area contributed by atoms with Gasteiger partial charge in [-0.2, -0.15) is 0 Å².